The minimum Gasteiger partial charge on any atom is -0.480 e. The number of rotatable bonds is 9. The quantitative estimate of drug-likeness (QED) is 0.382. The third kappa shape index (κ3) is 5.31. The number of hydrogen-bond donors (Lipinski definition) is 3. The average molecular weight is 532 g/mol. The van der Waals surface area contributed by atoms with Crippen LogP contribution in [0.25, 0.3) is 0 Å². The molecule has 12 heteroatoms. The van der Waals surface area contributed by atoms with Gasteiger partial charge in [-0.15, -0.1) is 0 Å². The topological polar surface area (TPSA) is 153 Å². The van der Waals surface area contributed by atoms with Crippen LogP contribution >= 0.6 is 0 Å². The number of primary amides is 1. The molecule has 0 aliphatic carbocycles. The normalized spacial score (nSPS) is 16.0. The molecule has 3 aromatic carbocycles. The molecule has 37 heavy (non-hydrogen) atoms. The Balaban J connectivity index is 1.62. The summed E-state index contributed by atoms with van der Waals surface area (Å²) in [4.78, 5) is 22.3. The molecule has 5 N–H and O–H groups in total. The summed E-state index contributed by atoms with van der Waals surface area (Å²) in [5.41, 5.74) is 10.4. The first-order valence-electron chi connectivity index (χ1n) is 11.0. The monoisotopic (exact) mass is 531 g/mol. The van der Waals surface area contributed by atoms with Gasteiger partial charge < -0.3 is 21.3 Å². The van der Waals surface area contributed by atoms with Crippen molar-refractivity contribution in [2.75, 3.05) is 13.1 Å². The molecule has 1 heterocycles. The summed E-state index contributed by atoms with van der Waals surface area (Å²) in [6.45, 7) is -0.451. The average Bonchev–Trinajstić information content (AvgIpc) is 2.83. The number of carbonyl (C=O) groups excluding carboxylic acids is 1. The van der Waals surface area contributed by atoms with Crippen LogP contribution in [0.1, 0.15) is 21.5 Å². The molecule has 1 aliphatic heterocycles. The van der Waals surface area contributed by atoms with Crippen LogP contribution in [0.5, 0.6) is 5.75 Å². The number of nitrogens with zero attached hydrogens (tertiary/aromatic N) is 1. The van der Waals surface area contributed by atoms with E-state index in [1.165, 1.54) is 48.5 Å². The summed E-state index contributed by atoms with van der Waals surface area (Å²) < 4.78 is 61.6. The molecule has 1 aliphatic rings. The highest BCUT2D eigenvalue weighted by Gasteiger charge is 2.52. The summed E-state index contributed by atoms with van der Waals surface area (Å²) in [5, 5.41) is 9.04. The van der Waals surface area contributed by atoms with Crippen molar-refractivity contribution in [3.05, 3.63) is 95.1 Å². The molecule has 194 valence electrons. The number of amides is 1. The fourth-order valence-electron chi connectivity index (χ4n) is 4.02. The lowest BCUT2D eigenvalue weighted by atomic mass is 9.87. The lowest BCUT2D eigenvalue weighted by Gasteiger charge is -2.48. The zero-order valence-electron chi connectivity index (χ0n) is 19.3. The molecule has 0 unspecified atom stereocenters. The summed E-state index contributed by atoms with van der Waals surface area (Å²) in [6.07, 6.45) is -0.0676. The Morgan fingerprint density at radius 2 is 1.70 bits per heavy atom. The van der Waals surface area contributed by atoms with Crippen molar-refractivity contribution in [3.63, 3.8) is 0 Å². The number of carboxylic acid groups (broad SMARTS) is 1. The van der Waals surface area contributed by atoms with Crippen LogP contribution in [0.4, 0.5) is 8.78 Å². The van der Waals surface area contributed by atoms with Crippen molar-refractivity contribution in [1.29, 1.82) is 0 Å². The largest absolute Gasteiger partial charge is 0.480 e. The predicted molar refractivity (Wildman–Crippen MR) is 128 cm³/mol. The second-order valence-corrected chi connectivity index (χ2v) is 10.6. The highest BCUT2D eigenvalue weighted by Crippen LogP contribution is 2.40. The van der Waals surface area contributed by atoms with Crippen molar-refractivity contribution >= 4 is 21.9 Å². The Labute approximate surface area is 211 Å². The molecule has 0 radical (unpaired) electrons. The second-order valence-electron chi connectivity index (χ2n) is 8.68. The number of nitrogens with two attached hydrogens (primary N) is 2. The number of hydrogen-bond acceptors (Lipinski definition) is 6. The van der Waals surface area contributed by atoms with E-state index < -0.39 is 45.2 Å². The summed E-state index contributed by atoms with van der Waals surface area (Å²) >= 11 is 0. The van der Waals surface area contributed by atoms with Crippen LogP contribution in [0, 0.1) is 11.6 Å². The van der Waals surface area contributed by atoms with Crippen LogP contribution in [0.2, 0.25) is 0 Å². The third-order valence-electron chi connectivity index (χ3n) is 6.07. The number of halogens is 2. The molecule has 9 nitrogen and oxygen atoms in total. The molecule has 3 aromatic rings. The van der Waals surface area contributed by atoms with Gasteiger partial charge in [-0.2, -0.15) is 4.31 Å². The van der Waals surface area contributed by atoms with E-state index in [9.17, 15) is 26.8 Å². The Morgan fingerprint density at radius 3 is 2.30 bits per heavy atom. The van der Waals surface area contributed by atoms with E-state index in [0.29, 0.717) is 5.56 Å². The zero-order chi connectivity index (χ0) is 27.0. The fraction of sp³-hybridized carbons (Fsp3) is 0.200. The number of ether oxygens (including phenoxy) is 1. The molecule has 1 saturated heterocycles. The maximum absolute atomic E-state index is 14.1. The minimum atomic E-state index is -4.05. The fourth-order valence-corrected chi connectivity index (χ4v) is 5.62. The maximum atomic E-state index is 14.1. The van der Waals surface area contributed by atoms with Gasteiger partial charge in [-0.1, -0.05) is 18.2 Å². The molecule has 0 aromatic heterocycles. The standard InChI is InChI=1S/C25H23F2N3O6S/c26-20-9-6-17(12-21(20)27)25(36-18-7-4-16(5-8-18)23(29)31)13-30(14-25)37(34,35)19-3-1-2-15(10-19)11-22(28)24(32)33/h1-10,12,22H,11,13-14,28H2,(H2,29,31)(H,32,33)/t22-/m0/s1. The van der Waals surface area contributed by atoms with Gasteiger partial charge in [-0.25, -0.2) is 17.2 Å². The van der Waals surface area contributed by atoms with Gasteiger partial charge in [0.2, 0.25) is 15.9 Å². The molecule has 4 rings (SSSR count). The Hall–Kier alpha value is -3.87. The van der Waals surface area contributed by atoms with E-state index in [4.69, 9.17) is 21.3 Å². The SMILES string of the molecule is NC(=O)c1ccc(OC2(c3ccc(F)c(F)c3)CN(S(=O)(=O)c3cccc(C[C@H](N)C(=O)O)c3)C2)cc1. The highest BCUT2D eigenvalue weighted by atomic mass is 32.2. The van der Waals surface area contributed by atoms with Crippen molar-refractivity contribution in [3.8, 4) is 5.75 Å². The van der Waals surface area contributed by atoms with E-state index in [1.54, 1.807) is 6.07 Å². The predicted octanol–water partition coefficient (Wildman–Crippen LogP) is 2.00. The first kappa shape index (κ1) is 26.2. The number of carbonyl (C=O) groups is 2. The Morgan fingerprint density at radius 1 is 1.03 bits per heavy atom. The molecule has 1 amide bonds. The summed E-state index contributed by atoms with van der Waals surface area (Å²) in [7, 11) is -4.05. The van der Waals surface area contributed by atoms with Crippen LogP contribution < -0.4 is 16.2 Å². The van der Waals surface area contributed by atoms with Crippen molar-refractivity contribution < 1.29 is 36.6 Å². The lowest BCUT2D eigenvalue weighted by Crippen LogP contribution is -2.64. The van der Waals surface area contributed by atoms with E-state index in [2.05, 4.69) is 0 Å². The molecular formula is C25H23F2N3O6S. The van der Waals surface area contributed by atoms with E-state index in [-0.39, 0.29) is 41.3 Å². The smallest absolute Gasteiger partial charge is 0.320 e. The maximum Gasteiger partial charge on any atom is 0.320 e. The lowest BCUT2D eigenvalue weighted by molar-refractivity contribution is -0.138. The van der Waals surface area contributed by atoms with Crippen LogP contribution in [-0.2, 0) is 26.8 Å². The van der Waals surface area contributed by atoms with Gasteiger partial charge in [0.05, 0.1) is 18.0 Å². The first-order chi connectivity index (χ1) is 17.4. The molecule has 1 atom stereocenters. The summed E-state index contributed by atoms with van der Waals surface area (Å²) in [5.74, 6) is -3.78. The number of carboxylic acids is 1. The highest BCUT2D eigenvalue weighted by molar-refractivity contribution is 7.89. The third-order valence-corrected chi connectivity index (χ3v) is 7.86. The summed E-state index contributed by atoms with van der Waals surface area (Å²) in [6, 6.07) is 13.6. The van der Waals surface area contributed by atoms with E-state index in [1.807, 2.05) is 0 Å². The second kappa shape index (κ2) is 9.88. The molecule has 0 bridgehead atoms. The van der Waals surface area contributed by atoms with Gasteiger partial charge in [0.25, 0.3) is 0 Å². The molecule has 1 fully saturated rings. The molecular weight excluding hydrogens is 508 g/mol. The van der Waals surface area contributed by atoms with Crippen molar-refractivity contribution in [2.45, 2.75) is 23.0 Å². The van der Waals surface area contributed by atoms with E-state index >= 15 is 0 Å². The van der Waals surface area contributed by atoms with Gasteiger partial charge in [-0.3, -0.25) is 9.59 Å². The van der Waals surface area contributed by atoms with Gasteiger partial charge in [0.15, 0.2) is 17.2 Å². The number of sulfonamides is 1. The molecule has 0 spiro atoms. The number of aliphatic carboxylic acids is 1. The first-order valence-corrected chi connectivity index (χ1v) is 12.5. The van der Waals surface area contributed by atoms with Gasteiger partial charge in [0.1, 0.15) is 11.8 Å². The minimum absolute atomic E-state index is 0.0676. The van der Waals surface area contributed by atoms with Crippen LogP contribution in [-0.4, -0.2) is 48.8 Å². The Kier molecular flexibility index (Phi) is 7.00. The van der Waals surface area contributed by atoms with Crippen LogP contribution in [0.3, 0.4) is 0 Å². The van der Waals surface area contributed by atoms with Gasteiger partial charge in [-0.05, 0) is 60.5 Å². The molecule has 0 saturated carbocycles. The zero-order valence-corrected chi connectivity index (χ0v) is 20.1. The number of benzene rings is 3. The van der Waals surface area contributed by atoms with Crippen LogP contribution in [0.15, 0.2) is 71.6 Å². The van der Waals surface area contributed by atoms with Gasteiger partial charge in [0, 0.05) is 11.1 Å². The van der Waals surface area contributed by atoms with Gasteiger partial charge >= 0.3 is 5.97 Å². The van der Waals surface area contributed by atoms with Crippen molar-refractivity contribution in [1.82, 2.24) is 4.31 Å². The van der Waals surface area contributed by atoms with Crippen molar-refractivity contribution in [2.24, 2.45) is 11.5 Å². The van der Waals surface area contributed by atoms with E-state index in [0.717, 1.165) is 16.4 Å². The Bertz CT molecular complexity index is 1460.